The molecule has 0 spiro atoms. The third-order valence-corrected chi connectivity index (χ3v) is 5.08. The van der Waals surface area contributed by atoms with E-state index in [0.717, 1.165) is 12.8 Å². The summed E-state index contributed by atoms with van der Waals surface area (Å²) in [5, 5.41) is 0.446. The summed E-state index contributed by atoms with van der Waals surface area (Å²) in [6.07, 6.45) is 4.72. The molecule has 6 heteroatoms. The molecule has 0 aliphatic heterocycles. The molecule has 0 saturated heterocycles. The number of H-pyrrole nitrogens is 1. The van der Waals surface area contributed by atoms with Gasteiger partial charge in [0.2, 0.25) is 0 Å². The Bertz CT molecular complexity index is 558. The minimum Gasteiger partial charge on any atom is -0.461 e. The van der Waals surface area contributed by atoms with Crippen LogP contribution in [-0.4, -0.2) is 27.8 Å². The Balaban J connectivity index is 1.88. The molecule has 1 aromatic heterocycles. The monoisotopic (exact) mass is 324 g/mol. The fourth-order valence-electron chi connectivity index (χ4n) is 3.01. The fraction of sp³-hybridized carbons (Fsp3) is 0.688. The Morgan fingerprint density at radius 1 is 1.50 bits per heavy atom. The minimum atomic E-state index is -0.235. The molecule has 5 nitrogen and oxygen atoms in total. The van der Waals surface area contributed by atoms with Gasteiger partial charge in [0, 0.05) is 12.3 Å². The van der Waals surface area contributed by atoms with Gasteiger partial charge >= 0.3 is 5.97 Å². The number of aromatic nitrogens is 2. The van der Waals surface area contributed by atoms with E-state index >= 15 is 0 Å². The first-order valence-corrected chi connectivity index (χ1v) is 8.82. The number of thioether (sulfide) groups is 1. The second-order valence-corrected chi connectivity index (χ2v) is 7.35. The number of nitrogens with zero attached hydrogens (tertiary/aromatic N) is 1. The summed E-state index contributed by atoms with van der Waals surface area (Å²) in [6.45, 7) is 6.59. The molecule has 0 amide bonds. The van der Waals surface area contributed by atoms with Crippen LogP contribution in [0.4, 0.5) is 0 Å². The number of aromatic amines is 1. The summed E-state index contributed by atoms with van der Waals surface area (Å²) in [5.74, 6) is 1.50. The lowest BCUT2D eigenvalue weighted by Crippen LogP contribution is -2.36. The molecule has 0 bridgehead atoms. The van der Waals surface area contributed by atoms with Gasteiger partial charge in [-0.2, -0.15) is 0 Å². The van der Waals surface area contributed by atoms with E-state index in [9.17, 15) is 9.59 Å². The van der Waals surface area contributed by atoms with Crippen molar-refractivity contribution in [2.45, 2.75) is 51.3 Å². The molecule has 1 aromatic rings. The predicted octanol–water partition coefficient (Wildman–Crippen LogP) is 2.87. The quantitative estimate of drug-likeness (QED) is 0.512. The van der Waals surface area contributed by atoms with E-state index in [1.54, 1.807) is 0 Å². The number of esters is 1. The highest BCUT2D eigenvalue weighted by molar-refractivity contribution is 7.99. The lowest BCUT2D eigenvalue weighted by atomic mass is 9.75. The molecule has 22 heavy (non-hydrogen) atoms. The third kappa shape index (κ3) is 4.87. The first kappa shape index (κ1) is 17.1. The van der Waals surface area contributed by atoms with Gasteiger partial charge < -0.3 is 9.72 Å². The molecule has 1 N–H and O–H groups in total. The smallest absolute Gasteiger partial charge is 0.316 e. The van der Waals surface area contributed by atoms with Crippen LogP contribution in [0.5, 0.6) is 0 Å². The minimum absolute atomic E-state index is 0.0135. The van der Waals surface area contributed by atoms with Gasteiger partial charge in [-0.15, -0.1) is 0 Å². The van der Waals surface area contributed by atoms with Gasteiger partial charge in [-0.1, -0.05) is 39.0 Å². The number of carbonyl (C=O) groups excluding carboxylic acids is 1. The van der Waals surface area contributed by atoms with E-state index in [1.165, 1.54) is 30.4 Å². The summed E-state index contributed by atoms with van der Waals surface area (Å²) in [4.78, 5) is 29.9. The van der Waals surface area contributed by atoms with E-state index in [1.807, 2.05) is 0 Å². The van der Waals surface area contributed by atoms with Crippen molar-refractivity contribution in [1.29, 1.82) is 0 Å². The summed E-state index contributed by atoms with van der Waals surface area (Å²) in [7, 11) is 0. The number of carbonyl (C=O) groups is 1. The average Bonchev–Trinajstić information content (AvgIpc) is 2.45. The van der Waals surface area contributed by atoms with Crippen LogP contribution < -0.4 is 5.56 Å². The summed E-state index contributed by atoms with van der Waals surface area (Å²) >= 11 is 1.20. The van der Waals surface area contributed by atoms with Crippen LogP contribution >= 0.6 is 11.8 Å². The van der Waals surface area contributed by atoms with Gasteiger partial charge in [-0.3, -0.25) is 9.59 Å². The van der Waals surface area contributed by atoms with Crippen LogP contribution in [0.25, 0.3) is 0 Å². The van der Waals surface area contributed by atoms with Crippen molar-refractivity contribution >= 4 is 17.7 Å². The Morgan fingerprint density at radius 3 is 2.95 bits per heavy atom. The molecule has 1 aliphatic rings. The van der Waals surface area contributed by atoms with Crippen molar-refractivity contribution in [1.82, 2.24) is 9.97 Å². The maximum absolute atomic E-state index is 12.1. The van der Waals surface area contributed by atoms with Crippen molar-refractivity contribution in [3.63, 3.8) is 0 Å². The van der Waals surface area contributed by atoms with Crippen molar-refractivity contribution in [3.05, 3.63) is 22.6 Å². The maximum Gasteiger partial charge on any atom is 0.316 e. The Kier molecular flexibility index (Phi) is 6.06. The first-order valence-electron chi connectivity index (χ1n) is 7.83. The van der Waals surface area contributed by atoms with Crippen LogP contribution in [0.1, 0.15) is 40.0 Å². The number of nitrogens with one attached hydrogen (secondary N) is 1. The summed E-state index contributed by atoms with van der Waals surface area (Å²) in [5.41, 5.74) is -0.216. The second-order valence-electron chi connectivity index (χ2n) is 6.38. The Hall–Kier alpha value is -1.30. The summed E-state index contributed by atoms with van der Waals surface area (Å²) in [6, 6.07) is 1.35. The van der Waals surface area contributed by atoms with Gasteiger partial charge in [0.25, 0.3) is 5.56 Å². The van der Waals surface area contributed by atoms with Crippen LogP contribution in [0.15, 0.2) is 22.2 Å². The number of hydrogen-bond acceptors (Lipinski definition) is 5. The topological polar surface area (TPSA) is 72.0 Å². The maximum atomic E-state index is 12.1. The fourth-order valence-corrected chi connectivity index (χ4v) is 3.64. The molecule has 1 aliphatic carbocycles. The van der Waals surface area contributed by atoms with E-state index in [0.29, 0.717) is 22.9 Å². The average molecular weight is 324 g/mol. The molecule has 1 heterocycles. The van der Waals surface area contributed by atoms with Crippen molar-refractivity contribution in [2.75, 3.05) is 5.75 Å². The van der Waals surface area contributed by atoms with Crippen LogP contribution in [0.3, 0.4) is 0 Å². The van der Waals surface area contributed by atoms with E-state index < -0.39 is 0 Å². The SMILES string of the molecule is CC(C)[C@H]1CC[C@H](C)C[C@H]1OC(=O)CSc1nccc(=O)[nH]1. The molecule has 0 aromatic carbocycles. The second kappa shape index (κ2) is 7.81. The number of ether oxygens (including phenoxy) is 1. The van der Waals surface area contributed by atoms with Crippen LogP contribution in [0.2, 0.25) is 0 Å². The first-order chi connectivity index (χ1) is 10.5. The summed E-state index contributed by atoms with van der Waals surface area (Å²) < 4.78 is 5.71. The zero-order chi connectivity index (χ0) is 16.1. The van der Waals surface area contributed by atoms with Crippen molar-refractivity contribution < 1.29 is 9.53 Å². The predicted molar refractivity (Wildman–Crippen MR) is 86.8 cm³/mol. The van der Waals surface area contributed by atoms with Crippen LogP contribution in [-0.2, 0) is 9.53 Å². The largest absolute Gasteiger partial charge is 0.461 e. The molecule has 3 atom stereocenters. The Morgan fingerprint density at radius 2 is 2.27 bits per heavy atom. The zero-order valence-corrected chi connectivity index (χ0v) is 14.2. The lowest BCUT2D eigenvalue weighted by Gasteiger charge is -2.36. The zero-order valence-electron chi connectivity index (χ0n) is 13.4. The molecule has 2 rings (SSSR count). The molecular formula is C16H24N2O3S. The van der Waals surface area contributed by atoms with Gasteiger partial charge in [0.1, 0.15) is 6.10 Å². The molecule has 122 valence electrons. The highest BCUT2D eigenvalue weighted by atomic mass is 32.2. The van der Waals surface area contributed by atoms with Crippen molar-refractivity contribution in [2.24, 2.45) is 17.8 Å². The van der Waals surface area contributed by atoms with Gasteiger partial charge in [0.15, 0.2) is 5.16 Å². The lowest BCUT2D eigenvalue weighted by molar-refractivity contribution is -0.152. The van der Waals surface area contributed by atoms with E-state index in [2.05, 4.69) is 30.7 Å². The van der Waals surface area contributed by atoms with Crippen LogP contribution in [0, 0.1) is 17.8 Å². The standard InChI is InChI=1S/C16H24N2O3S/c1-10(2)12-5-4-11(3)8-13(12)21-15(20)9-22-16-17-7-6-14(19)18-16/h6-7,10-13H,4-5,8-9H2,1-3H3,(H,17,18,19)/t11-,12+,13+/m0/s1. The molecule has 1 fully saturated rings. The molecule has 0 unspecified atom stereocenters. The van der Waals surface area contributed by atoms with Crippen molar-refractivity contribution in [3.8, 4) is 0 Å². The van der Waals surface area contributed by atoms with E-state index in [4.69, 9.17) is 4.74 Å². The number of hydrogen-bond donors (Lipinski definition) is 1. The highest BCUT2D eigenvalue weighted by Gasteiger charge is 2.33. The molecule has 0 radical (unpaired) electrons. The number of rotatable bonds is 5. The molecule has 1 saturated carbocycles. The van der Waals surface area contributed by atoms with Gasteiger partial charge in [-0.05, 0) is 30.6 Å². The van der Waals surface area contributed by atoms with E-state index in [-0.39, 0.29) is 23.4 Å². The van der Waals surface area contributed by atoms with Gasteiger partial charge in [0.05, 0.1) is 5.75 Å². The normalized spacial score (nSPS) is 25.2. The molecular weight excluding hydrogens is 300 g/mol. The van der Waals surface area contributed by atoms with Gasteiger partial charge in [-0.25, -0.2) is 4.98 Å². The third-order valence-electron chi connectivity index (χ3n) is 4.22. The highest BCUT2D eigenvalue weighted by Crippen LogP contribution is 2.35. The Labute approximate surface area is 135 Å².